The van der Waals surface area contributed by atoms with Gasteiger partial charge in [-0.3, -0.25) is 0 Å². The molecule has 3 heteroatoms. The van der Waals surface area contributed by atoms with Gasteiger partial charge in [-0.05, 0) is 11.1 Å². The molecule has 0 aromatic heterocycles. The molecule has 0 saturated heterocycles. The second-order valence-corrected chi connectivity index (χ2v) is 8.57. The molecule has 0 heterocycles. The Bertz CT molecular complexity index is 854. The molecule has 30 heavy (non-hydrogen) atoms. The molecule has 0 saturated carbocycles. The van der Waals surface area contributed by atoms with E-state index in [1.54, 1.807) is 0 Å². The van der Waals surface area contributed by atoms with Crippen LogP contribution in [-0.2, 0) is 30.5 Å². The third-order valence-electron chi connectivity index (χ3n) is 4.40. The Kier molecular flexibility index (Phi) is 11.6. The van der Waals surface area contributed by atoms with Gasteiger partial charge in [-0.1, -0.05) is 112 Å². The van der Waals surface area contributed by atoms with E-state index in [-0.39, 0.29) is 26.2 Å². The average Bonchev–Trinajstić information content (AvgIpc) is 3.30. The fourth-order valence-electron chi connectivity index (χ4n) is 2.90. The molecule has 0 spiro atoms. The van der Waals surface area contributed by atoms with Crippen LogP contribution < -0.4 is 0 Å². The van der Waals surface area contributed by atoms with Crippen molar-refractivity contribution in [1.82, 2.24) is 0 Å². The second kappa shape index (κ2) is 13.1. The van der Waals surface area contributed by atoms with Crippen LogP contribution in [-0.4, -0.2) is 0 Å². The van der Waals surface area contributed by atoms with Crippen LogP contribution in [0.4, 0.5) is 0 Å². The average molecular weight is 515 g/mol. The Balaban J connectivity index is 0.000000251. The van der Waals surface area contributed by atoms with E-state index >= 15 is 0 Å². The first-order chi connectivity index (χ1) is 13.8. The number of halogens is 2. The Morgan fingerprint density at radius 2 is 0.933 bits per heavy atom. The van der Waals surface area contributed by atoms with E-state index in [0.29, 0.717) is 0 Å². The van der Waals surface area contributed by atoms with Crippen LogP contribution in [0.5, 0.6) is 0 Å². The topological polar surface area (TPSA) is 0 Å². The van der Waals surface area contributed by atoms with Gasteiger partial charge in [-0.2, -0.15) is 35.4 Å². The van der Waals surface area contributed by atoms with E-state index in [1.807, 2.05) is 60.7 Å². The third-order valence-corrected chi connectivity index (χ3v) is 5.27. The van der Waals surface area contributed by atoms with Gasteiger partial charge in [0.2, 0.25) is 0 Å². The summed E-state index contributed by atoms with van der Waals surface area (Å²) in [5.41, 5.74) is 7.21. The molecule has 0 bridgehead atoms. The maximum Gasteiger partial charge on any atom is 2.00 e. The summed E-state index contributed by atoms with van der Waals surface area (Å²) in [4.78, 5) is 0. The summed E-state index contributed by atoms with van der Waals surface area (Å²) in [5.74, 6) is 0. The quantitative estimate of drug-likeness (QED) is 0.186. The normalized spacial score (nSPS) is 10.1. The Labute approximate surface area is 210 Å². The molecule has 4 rings (SSSR count). The largest absolute Gasteiger partial charge is 2.00 e. The summed E-state index contributed by atoms with van der Waals surface area (Å²) in [5, 5.41) is 0. The van der Waals surface area contributed by atoms with Gasteiger partial charge in [-0.15, -0.1) is 0 Å². The van der Waals surface area contributed by atoms with Crippen molar-refractivity contribution in [2.24, 2.45) is 0 Å². The zero-order valence-electron chi connectivity index (χ0n) is 18.0. The number of benzene rings is 2. The Hall–Kier alpha value is -1.40. The molecular weight excluding hydrogens is 486 g/mol. The molecule has 0 amide bonds. The summed E-state index contributed by atoms with van der Waals surface area (Å²) >= 11 is 12.7. The molecule has 0 atom stereocenters. The third kappa shape index (κ3) is 8.77. The van der Waals surface area contributed by atoms with Crippen molar-refractivity contribution in [2.75, 3.05) is 0 Å². The van der Waals surface area contributed by atoms with Gasteiger partial charge in [0.25, 0.3) is 0 Å². The van der Waals surface area contributed by atoms with E-state index in [9.17, 15) is 0 Å². The van der Waals surface area contributed by atoms with Crippen LogP contribution in [0, 0.1) is 27.7 Å². The molecule has 0 nitrogen and oxygen atoms in total. The van der Waals surface area contributed by atoms with Gasteiger partial charge >= 0.3 is 26.2 Å². The predicted molar refractivity (Wildman–Crippen MR) is 128 cm³/mol. The van der Waals surface area contributed by atoms with Crippen molar-refractivity contribution in [3.8, 4) is 0 Å². The standard InChI is InChI=1S/C13H10Cl2.2C7H9.Zr/c14-13(15,11-7-3-1-4-8-11)12-9-5-2-6-10-12;2*1-6-3-4-7(2)5-6;/h1-10H;2*3-5H,1-2H3;/q;2*-1;+2. The minimum absolute atomic E-state index is 0. The zero-order valence-corrected chi connectivity index (χ0v) is 22.0. The maximum atomic E-state index is 6.35. The van der Waals surface area contributed by atoms with Crippen molar-refractivity contribution in [3.63, 3.8) is 0 Å². The Morgan fingerprint density at radius 3 is 1.13 bits per heavy atom. The fourth-order valence-corrected chi connectivity index (χ4v) is 3.40. The molecule has 0 aliphatic heterocycles. The molecule has 0 radical (unpaired) electrons. The summed E-state index contributed by atoms with van der Waals surface area (Å²) in [7, 11) is 0. The predicted octanol–water partition coefficient (Wildman–Crippen LogP) is 8.41. The first-order valence-electron chi connectivity index (χ1n) is 9.68. The first kappa shape index (κ1) is 26.6. The van der Waals surface area contributed by atoms with Gasteiger partial charge in [0, 0.05) is 0 Å². The Morgan fingerprint density at radius 1 is 0.600 bits per heavy atom. The zero-order chi connectivity index (χ0) is 21.3. The SMILES string of the molecule is Cc1c[cH-]c(C)c1.Cc1c[cH-]c(C)c1.ClC(Cl)(c1ccccc1)c1ccccc1.[Zr+2]. The minimum Gasteiger partial charge on any atom is -0.208 e. The van der Waals surface area contributed by atoms with Crippen molar-refractivity contribution in [3.05, 3.63) is 130 Å². The van der Waals surface area contributed by atoms with Crippen molar-refractivity contribution in [1.29, 1.82) is 0 Å². The van der Waals surface area contributed by atoms with E-state index in [0.717, 1.165) is 11.1 Å². The molecule has 0 fully saturated rings. The van der Waals surface area contributed by atoms with Crippen LogP contribution in [0.15, 0.2) is 97.1 Å². The summed E-state index contributed by atoms with van der Waals surface area (Å²) in [6.07, 6.45) is 0. The number of hydrogen-bond acceptors (Lipinski definition) is 0. The molecule has 4 aromatic carbocycles. The van der Waals surface area contributed by atoms with E-state index in [1.165, 1.54) is 22.3 Å². The second-order valence-electron chi connectivity index (χ2n) is 7.24. The summed E-state index contributed by atoms with van der Waals surface area (Å²) in [6.45, 7) is 8.42. The number of hydrogen-bond donors (Lipinski definition) is 0. The number of alkyl halides is 2. The minimum atomic E-state index is -0.970. The molecule has 0 aliphatic rings. The molecular formula is C27H28Cl2Zr. The van der Waals surface area contributed by atoms with Gasteiger partial charge in [0.15, 0.2) is 4.33 Å². The van der Waals surface area contributed by atoms with E-state index < -0.39 is 4.33 Å². The molecule has 4 aromatic rings. The first-order valence-corrected chi connectivity index (χ1v) is 10.4. The van der Waals surface area contributed by atoms with Crippen LogP contribution in [0.1, 0.15) is 33.4 Å². The van der Waals surface area contributed by atoms with E-state index in [4.69, 9.17) is 23.2 Å². The molecule has 0 N–H and O–H groups in total. The number of rotatable bonds is 2. The van der Waals surface area contributed by atoms with Crippen molar-refractivity contribution >= 4 is 23.2 Å². The smallest absolute Gasteiger partial charge is 0.208 e. The van der Waals surface area contributed by atoms with E-state index in [2.05, 4.69) is 64.1 Å². The van der Waals surface area contributed by atoms with Crippen LogP contribution >= 0.6 is 23.2 Å². The van der Waals surface area contributed by atoms with Crippen LogP contribution in [0.2, 0.25) is 0 Å². The number of aryl methyl sites for hydroxylation is 4. The van der Waals surface area contributed by atoms with Crippen molar-refractivity contribution in [2.45, 2.75) is 32.0 Å². The monoisotopic (exact) mass is 512 g/mol. The maximum absolute atomic E-state index is 6.35. The fraction of sp³-hybridized carbons (Fsp3) is 0.185. The van der Waals surface area contributed by atoms with Crippen molar-refractivity contribution < 1.29 is 26.2 Å². The van der Waals surface area contributed by atoms with Gasteiger partial charge in [0.1, 0.15) is 0 Å². The summed E-state index contributed by atoms with van der Waals surface area (Å²) in [6, 6.07) is 32.1. The summed E-state index contributed by atoms with van der Waals surface area (Å²) < 4.78 is -0.970. The molecule has 0 aliphatic carbocycles. The molecule has 0 unspecified atom stereocenters. The van der Waals surface area contributed by atoms with Crippen LogP contribution in [0.3, 0.4) is 0 Å². The molecule has 154 valence electrons. The van der Waals surface area contributed by atoms with Gasteiger partial charge < -0.3 is 0 Å². The van der Waals surface area contributed by atoms with Gasteiger partial charge in [0.05, 0.1) is 0 Å². The van der Waals surface area contributed by atoms with Crippen LogP contribution in [0.25, 0.3) is 0 Å². The van der Waals surface area contributed by atoms with Gasteiger partial charge in [-0.25, -0.2) is 23.3 Å².